The first kappa shape index (κ1) is 23.7. The molecule has 1 atom stereocenters. The van der Waals surface area contributed by atoms with Crippen LogP contribution in [0.2, 0.25) is 0 Å². The van der Waals surface area contributed by atoms with Crippen LogP contribution in [0.4, 0.5) is 16.2 Å². The second kappa shape index (κ2) is 9.12. The van der Waals surface area contributed by atoms with Gasteiger partial charge in [0.1, 0.15) is 23.3 Å². The van der Waals surface area contributed by atoms with Gasteiger partial charge in [-0.1, -0.05) is 12.1 Å². The summed E-state index contributed by atoms with van der Waals surface area (Å²) in [6.07, 6.45) is 12.7. The molecule has 1 saturated heterocycles. The Morgan fingerprint density at radius 1 is 0.846 bits per heavy atom. The Hall–Kier alpha value is -4.38. The average Bonchev–Trinajstić information content (AvgIpc) is 3.60. The predicted octanol–water partition coefficient (Wildman–Crippen LogP) is 3.03. The summed E-state index contributed by atoms with van der Waals surface area (Å²) in [5.74, 6) is 1.28. The largest absolute Gasteiger partial charge is 0.380 e. The third kappa shape index (κ3) is 4.19. The Morgan fingerprint density at radius 3 is 2.23 bits per heavy atom. The molecule has 0 unspecified atom stereocenters. The minimum atomic E-state index is -1.21. The number of rotatable bonds is 6. The second-order valence-corrected chi connectivity index (χ2v) is 10.3. The highest BCUT2D eigenvalue weighted by Crippen LogP contribution is 2.49. The summed E-state index contributed by atoms with van der Waals surface area (Å²) in [7, 11) is 1.90. The lowest BCUT2D eigenvalue weighted by Gasteiger charge is -2.35. The minimum Gasteiger partial charge on any atom is -0.380 e. The molecule has 5 aromatic rings. The smallest absolute Gasteiger partial charge is 0.225 e. The Labute approximate surface area is 224 Å². The van der Waals surface area contributed by atoms with E-state index >= 15 is 0 Å². The van der Waals surface area contributed by atoms with E-state index in [9.17, 15) is 9.50 Å². The molecule has 39 heavy (non-hydrogen) atoms. The van der Waals surface area contributed by atoms with E-state index in [4.69, 9.17) is 0 Å². The molecule has 0 radical (unpaired) electrons. The summed E-state index contributed by atoms with van der Waals surface area (Å²) in [5, 5.41) is 20.4. The Bertz CT molecular complexity index is 1620. The molecular formula is C28H28FN9O. The number of halogens is 1. The highest BCUT2D eigenvalue weighted by atomic mass is 19.1. The lowest BCUT2D eigenvalue weighted by atomic mass is 9.83. The monoisotopic (exact) mass is 525 g/mol. The molecule has 0 spiro atoms. The van der Waals surface area contributed by atoms with Gasteiger partial charge in [-0.05, 0) is 42.5 Å². The quantitative estimate of drug-likeness (QED) is 0.361. The van der Waals surface area contributed by atoms with Crippen LogP contribution in [-0.2, 0) is 12.6 Å². The second-order valence-electron chi connectivity index (χ2n) is 10.3. The molecule has 5 heterocycles. The van der Waals surface area contributed by atoms with E-state index in [-0.39, 0.29) is 11.7 Å². The fourth-order valence-electron chi connectivity index (χ4n) is 5.53. The van der Waals surface area contributed by atoms with Crippen LogP contribution in [0.1, 0.15) is 24.0 Å². The van der Waals surface area contributed by atoms with E-state index in [0.717, 1.165) is 61.5 Å². The van der Waals surface area contributed by atoms with Crippen LogP contribution in [0, 0.1) is 11.7 Å². The van der Waals surface area contributed by atoms with E-state index in [0.29, 0.717) is 17.1 Å². The van der Waals surface area contributed by atoms with Crippen LogP contribution < -0.4 is 9.80 Å². The van der Waals surface area contributed by atoms with Crippen LogP contribution in [0.3, 0.4) is 0 Å². The maximum absolute atomic E-state index is 13.5. The average molecular weight is 526 g/mol. The van der Waals surface area contributed by atoms with Crippen molar-refractivity contribution in [3.63, 3.8) is 0 Å². The van der Waals surface area contributed by atoms with E-state index in [2.05, 4.69) is 41.0 Å². The molecule has 7 rings (SSSR count). The molecular weight excluding hydrogens is 497 g/mol. The van der Waals surface area contributed by atoms with Gasteiger partial charge in [-0.15, -0.1) is 0 Å². The third-order valence-electron chi connectivity index (χ3n) is 7.82. The van der Waals surface area contributed by atoms with Gasteiger partial charge in [-0.2, -0.15) is 10.2 Å². The van der Waals surface area contributed by atoms with E-state index < -0.39 is 5.60 Å². The van der Waals surface area contributed by atoms with Gasteiger partial charge < -0.3 is 14.9 Å². The molecule has 4 aromatic heterocycles. The van der Waals surface area contributed by atoms with Gasteiger partial charge in [0.25, 0.3) is 0 Å². The number of piperazine rings is 1. The summed E-state index contributed by atoms with van der Waals surface area (Å²) in [6.45, 7) is 2.98. The minimum absolute atomic E-state index is 0.0818. The first-order chi connectivity index (χ1) is 19.0. The Kier molecular flexibility index (Phi) is 5.55. The fraction of sp³-hybridized carbons (Fsp3) is 0.321. The lowest BCUT2D eigenvalue weighted by Crippen LogP contribution is -2.47. The number of benzene rings is 1. The van der Waals surface area contributed by atoms with Crippen molar-refractivity contribution >= 4 is 17.3 Å². The molecule has 198 valence electrons. The number of aryl methyl sites for hydroxylation is 1. The van der Waals surface area contributed by atoms with Crippen molar-refractivity contribution in [2.75, 3.05) is 36.0 Å². The van der Waals surface area contributed by atoms with Crippen molar-refractivity contribution in [2.45, 2.75) is 18.4 Å². The molecule has 0 bridgehead atoms. The van der Waals surface area contributed by atoms with Gasteiger partial charge >= 0.3 is 0 Å². The molecule has 10 nitrogen and oxygen atoms in total. The van der Waals surface area contributed by atoms with Crippen LogP contribution in [0.5, 0.6) is 0 Å². The van der Waals surface area contributed by atoms with Gasteiger partial charge in [0.2, 0.25) is 5.95 Å². The first-order valence-corrected chi connectivity index (χ1v) is 13.1. The van der Waals surface area contributed by atoms with Crippen molar-refractivity contribution in [3.8, 4) is 11.1 Å². The van der Waals surface area contributed by atoms with Gasteiger partial charge in [-0.3, -0.25) is 4.68 Å². The summed E-state index contributed by atoms with van der Waals surface area (Å²) in [5.41, 5.74) is 3.13. The number of fused-ring (bicyclic) bond motifs is 1. The zero-order valence-electron chi connectivity index (χ0n) is 21.5. The van der Waals surface area contributed by atoms with Crippen LogP contribution in [0.25, 0.3) is 16.6 Å². The van der Waals surface area contributed by atoms with E-state index in [1.165, 1.54) is 12.1 Å². The maximum Gasteiger partial charge on any atom is 0.225 e. The predicted molar refractivity (Wildman–Crippen MR) is 144 cm³/mol. The molecule has 11 heteroatoms. The first-order valence-electron chi connectivity index (χ1n) is 13.1. The van der Waals surface area contributed by atoms with Crippen LogP contribution in [-0.4, -0.2) is 65.6 Å². The fourth-order valence-corrected chi connectivity index (χ4v) is 5.53. The molecule has 2 aliphatic rings. The van der Waals surface area contributed by atoms with Crippen LogP contribution in [0.15, 0.2) is 67.6 Å². The standard InChI is InChI=1S/C28H28FN9O/c1-35-16-20(13-33-35)19-12-25-26(32-18-34-38(25)17-19)36-8-10-37(11-9-36)27-30-14-23(15-31-27)28(39,21-2-3-21)22-4-6-24(29)7-5-22/h4-7,12-18,21,39H,2-3,8-11H2,1H3/t28-/m1/s1. The van der Waals surface area contributed by atoms with Crippen LogP contribution >= 0.6 is 0 Å². The normalized spacial score (nSPS) is 17.5. The SMILES string of the molecule is Cn1cc(-c2cc3c(N4CCN(c5ncc([C@](O)(c6ccc(F)cc6)C6CC6)cn5)CC4)ncnn3c2)cn1. The summed E-state index contributed by atoms with van der Waals surface area (Å²) < 4.78 is 17.2. The number of aromatic nitrogens is 7. The van der Waals surface area contributed by atoms with E-state index in [1.807, 2.05) is 30.2 Å². The molecule has 2 fully saturated rings. The molecule has 0 amide bonds. The maximum atomic E-state index is 13.5. The Balaban J connectivity index is 1.08. The molecule has 1 aliphatic carbocycles. The number of anilines is 2. The molecule has 1 N–H and O–H groups in total. The number of hydrogen-bond acceptors (Lipinski definition) is 8. The van der Waals surface area contributed by atoms with Gasteiger partial charge in [0, 0.05) is 74.7 Å². The summed E-state index contributed by atoms with van der Waals surface area (Å²) in [4.78, 5) is 18.3. The van der Waals surface area contributed by atoms with Crippen molar-refractivity contribution in [1.82, 2.24) is 34.3 Å². The summed E-state index contributed by atoms with van der Waals surface area (Å²) in [6, 6.07) is 8.17. The van der Waals surface area contributed by atoms with Crippen molar-refractivity contribution < 1.29 is 9.50 Å². The zero-order valence-corrected chi connectivity index (χ0v) is 21.5. The number of aliphatic hydroxyl groups is 1. The zero-order chi connectivity index (χ0) is 26.6. The van der Waals surface area contributed by atoms with Crippen molar-refractivity contribution in [2.24, 2.45) is 13.0 Å². The molecule has 1 aliphatic heterocycles. The highest BCUT2D eigenvalue weighted by molar-refractivity contribution is 5.77. The van der Waals surface area contributed by atoms with Crippen molar-refractivity contribution in [1.29, 1.82) is 0 Å². The number of nitrogens with zero attached hydrogens (tertiary/aromatic N) is 9. The van der Waals surface area contributed by atoms with Gasteiger partial charge in [0.15, 0.2) is 5.82 Å². The topological polar surface area (TPSA) is 100 Å². The van der Waals surface area contributed by atoms with Gasteiger partial charge in [-0.25, -0.2) is 23.9 Å². The summed E-state index contributed by atoms with van der Waals surface area (Å²) >= 11 is 0. The van der Waals surface area contributed by atoms with Gasteiger partial charge in [0.05, 0.1) is 6.20 Å². The number of hydrogen-bond donors (Lipinski definition) is 1. The molecule has 1 saturated carbocycles. The highest BCUT2D eigenvalue weighted by Gasteiger charge is 2.47. The van der Waals surface area contributed by atoms with E-state index in [1.54, 1.807) is 35.5 Å². The molecule has 1 aromatic carbocycles. The van der Waals surface area contributed by atoms with Crippen molar-refractivity contribution in [3.05, 3.63) is 84.6 Å². The third-order valence-corrected chi connectivity index (χ3v) is 7.82. The lowest BCUT2D eigenvalue weighted by molar-refractivity contribution is 0.0556. The Morgan fingerprint density at radius 2 is 1.56 bits per heavy atom.